The lowest BCUT2D eigenvalue weighted by Gasteiger charge is -2.36. The van der Waals surface area contributed by atoms with Gasteiger partial charge in [0.15, 0.2) is 0 Å². The summed E-state index contributed by atoms with van der Waals surface area (Å²) in [5.41, 5.74) is 0. The van der Waals surface area contributed by atoms with Crippen LogP contribution in [0.15, 0.2) is 0 Å². The molecule has 0 bridgehead atoms. The van der Waals surface area contributed by atoms with E-state index in [1.807, 2.05) is 0 Å². The fourth-order valence-corrected chi connectivity index (χ4v) is 3.17. The first-order valence-electron chi connectivity index (χ1n) is 8.88. The molecule has 0 heterocycles. The van der Waals surface area contributed by atoms with Crippen molar-refractivity contribution in [2.24, 2.45) is 5.92 Å². The Kier molecular flexibility index (Phi) is 7.58. The molecule has 158 valence electrons. The van der Waals surface area contributed by atoms with Gasteiger partial charge >= 0.3 is 23.7 Å². The molecule has 1 amide bonds. The van der Waals surface area contributed by atoms with Crippen molar-refractivity contribution in [3.8, 4) is 0 Å². The maximum atomic E-state index is 14.1. The van der Waals surface area contributed by atoms with Gasteiger partial charge in [-0.05, 0) is 26.2 Å². The highest BCUT2D eigenvalue weighted by Gasteiger charge is 2.79. The zero-order valence-corrected chi connectivity index (χ0v) is 15.5. The van der Waals surface area contributed by atoms with Gasteiger partial charge in [0.05, 0.1) is 6.61 Å². The number of hydrogen-bond acceptors (Lipinski definition) is 3. The van der Waals surface area contributed by atoms with E-state index in [2.05, 4.69) is 4.74 Å². The average molecular weight is 405 g/mol. The molecule has 1 unspecified atom stereocenters. The highest BCUT2D eigenvalue weighted by atomic mass is 19.3. The fourth-order valence-electron chi connectivity index (χ4n) is 3.17. The molecule has 1 rings (SSSR count). The first-order chi connectivity index (χ1) is 12.3. The maximum absolute atomic E-state index is 14.1. The Balaban J connectivity index is 2.95. The molecule has 0 saturated heterocycles. The topological polar surface area (TPSA) is 46.6 Å². The van der Waals surface area contributed by atoms with Gasteiger partial charge in [-0.25, -0.2) is 4.79 Å². The molecule has 10 heteroatoms. The molecular weight excluding hydrogens is 380 g/mol. The van der Waals surface area contributed by atoms with Crippen molar-refractivity contribution in [1.29, 1.82) is 0 Å². The van der Waals surface area contributed by atoms with Gasteiger partial charge in [0.2, 0.25) is 0 Å². The van der Waals surface area contributed by atoms with Gasteiger partial charge in [-0.2, -0.15) is 26.3 Å². The molecule has 0 N–H and O–H groups in total. The van der Waals surface area contributed by atoms with E-state index < -0.39 is 42.3 Å². The molecule has 1 aliphatic carbocycles. The van der Waals surface area contributed by atoms with E-state index in [9.17, 15) is 35.9 Å². The Morgan fingerprint density at radius 3 is 2.04 bits per heavy atom. The summed E-state index contributed by atoms with van der Waals surface area (Å²) in [5, 5.41) is 0. The normalized spacial score (nSPS) is 18.1. The standard InChI is InChI=1S/C17H25F6NO3/c1-4-27-14(26)16(20,21)17(22,23)15(18,19)13(25)24(3)11(2)10-12-8-6-5-7-9-12/h11-12H,4-10H2,1-3H3. The Bertz CT molecular complexity index is 535. The van der Waals surface area contributed by atoms with Crippen LogP contribution in [0, 0.1) is 5.92 Å². The van der Waals surface area contributed by atoms with Crippen LogP contribution in [0.2, 0.25) is 0 Å². The maximum Gasteiger partial charge on any atom is 0.411 e. The van der Waals surface area contributed by atoms with Gasteiger partial charge < -0.3 is 9.64 Å². The lowest BCUT2D eigenvalue weighted by atomic mass is 9.85. The highest BCUT2D eigenvalue weighted by Crippen LogP contribution is 2.47. The molecular formula is C17H25F6NO3. The lowest BCUT2D eigenvalue weighted by Crippen LogP contribution is -2.64. The summed E-state index contributed by atoms with van der Waals surface area (Å²) in [7, 11) is 0.863. The van der Waals surface area contributed by atoms with Crippen molar-refractivity contribution in [3.05, 3.63) is 0 Å². The summed E-state index contributed by atoms with van der Waals surface area (Å²) in [6.07, 6.45) is 4.93. The Hall–Kier alpha value is -1.48. The van der Waals surface area contributed by atoms with Crippen LogP contribution in [0.3, 0.4) is 0 Å². The molecule has 0 radical (unpaired) electrons. The number of ether oxygens (including phenoxy) is 1. The summed E-state index contributed by atoms with van der Waals surface area (Å²) in [4.78, 5) is 23.3. The van der Waals surface area contributed by atoms with E-state index in [-0.39, 0.29) is 5.92 Å². The molecule has 0 aromatic carbocycles. The zero-order valence-electron chi connectivity index (χ0n) is 15.5. The highest BCUT2D eigenvalue weighted by molar-refractivity contribution is 5.88. The quantitative estimate of drug-likeness (QED) is 0.448. The van der Waals surface area contributed by atoms with Crippen LogP contribution in [0.4, 0.5) is 26.3 Å². The number of nitrogens with zero attached hydrogens (tertiary/aromatic N) is 1. The van der Waals surface area contributed by atoms with E-state index in [0.717, 1.165) is 46.1 Å². The fraction of sp³-hybridized carbons (Fsp3) is 0.882. The Labute approximate surface area is 154 Å². The van der Waals surface area contributed by atoms with Crippen LogP contribution in [-0.4, -0.2) is 54.2 Å². The molecule has 27 heavy (non-hydrogen) atoms. The summed E-state index contributed by atoms with van der Waals surface area (Å²) < 4.78 is 86.7. The Morgan fingerprint density at radius 1 is 1.04 bits per heavy atom. The SMILES string of the molecule is CCOC(=O)C(F)(F)C(F)(F)C(F)(F)C(=O)N(C)C(C)CC1CCCCC1. The molecule has 0 spiro atoms. The second-order valence-electron chi connectivity index (χ2n) is 6.95. The van der Waals surface area contributed by atoms with E-state index in [4.69, 9.17) is 0 Å². The summed E-state index contributed by atoms with van der Waals surface area (Å²) in [5.74, 6) is -23.0. The van der Waals surface area contributed by atoms with Crippen LogP contribution in [0.25, 0.3) is 0 Å². The van der Waals surface area contributed by atoms with Crippen LogP contribution in [-0.2, 0) is 14.3 Å². The summed E-state index contributed by atoms with van der Waals surface area (Å²) in [6.45, 7) is 1.74. The van der Waals surface area contributed by atoms with Crippen LogP contribution >= 0.6 is 0 Å². The number of halogens is 6. The third-order valence-corrected chi connectivity index (χ3v) is 4.97. The minimum absolute atomic E-state index is 0.152. The number of esters is 1. The molecule has 0 aromatic heterocycles. The van der Waals surface area contributed by atoms with Gasteiger partial charge in [-0.1, -0.05) is 32.1 Å². The van der Waals surface area contributed by atoms with E-state index in [1.165, 1.54) is 6.92 Å². The molecule has 4 nitrogen and oxygen atoms in total. The van der Waals surface area contributed by atoms with Crippen molar-refractivity contribution in [1.82, 2.24) is 4.90 Å². The number of carbonyl (C=O) groups is 2. The van der Waals surface area contributed by atoms with Crippen LogP contribution < -0.4 is 0 Å². The van der Waals surface area contributed by atoms with Crippen molar-refractivity contribution in [3.63, 3.8) is 0 Å². The van der Waals surface area contributed by atoms with E-state index in [1.54, 1.807) is 0 Å². The number of amides is 1. The van der Waals surface area contributed by atoms with Gasteiger partial charge in [0.25, 0.3) is 5.91 Å². The van der Waals surface area contributed by atoms with E-state index in [0.29, 0.717) is 11.3 Å². The molecule has 1 saturated carbocycles. The Morgan fingerprint density at radius 2 is 1.56 bits per heavy atom. The second-order valence-corrected chi connectivity index (χ2v) is 6.95. The average Bonchev–Trinajstić information content (AvgIpc) is 2.60. The van der Waals surface area contributed by atoms with Crippen molar-refractivity contribution < 1.29 is 40.7 Å². The third-order valence-electron chi connectivity index (χ3n) is 4.97. The number of alkyl halides is 6. The molecule has 1 atom stereocenters. The van der Waals surface area contributed by atoms with Crippen LogP contribution in [0.1, 0.15) is 52.4 Å². The van der Waals surface area contributed by atoms with Crippen molar-refractivity contribution in [2.45, 2.75) is 76.2 Å². The van der Waals surface area contributed by atoms with Crippen molar-refractivity contribution in [2.75, 3.05) is 13.7 Å². The monoisotopic (exact) mass is 405 g/mol. The first kappa shape index (κ1) is 23.6. The predicted molar refractivity (Wildman–Crippen MR) is 84.9 cm³/mol. The van der Waals surface area contributed by atoms with Gasteiger partial charge in [-0.3, -0.25) is 4.79 Å². The number of carbonyl (C=O) groups excluding carboxylic acids is 2. The van der Waals surface area contributed by atoms with E-state index >= 15 is 0 Å². The molecule has 0 aromatic rings. The summed E-state index contributed by atoms with van der Waals surface area (Å²) in [6, 6.07) is -0.849. The third kappa shape index (κ3) is 4.68. The smallest absolute Gasteiger partial charge is 0.411 e. The second kappa shape index (κ2) is 8.68. The molecule has 1 fully saturated rings. The van der Waals surface area contributed by atoms with Crippen LogP contribution in [0.5, 0.6) is 0 Å². The molecule has 0 aliphatic heterocycles. The lowest BCUT2D eigenvalue weighted by molar-refractivity contribution is -0.297. The predicted octanol–water partition coefficient (Wildman–Crippen LogP) is 4.27. The summed E-state index contributed by atoms with van der Waals surface area (Å²) >= 11 is 0. The number of rotatable bonds is 8. The number of hydrogen-bond donors (Lipinski definition) is 0. The first-order valence-corrected chi connectivity index (χ1v) is 8.88. The minimum atomic E-state index is -6.23. The minimum Gasteiger partial charge on any atom is -0.461 e. The van der Waals surface area contributed by atoms with Gasteiger partial charge in [0.1, 0.15) is 0 Å². The van der Waals surface area contributed by atoms with Gasteiger partial charge in [-0.15, -0.1) is 0 Å². The van der Waals surface area contributed by atoms with Gasteiger partial charge in [0, 0.05) is 13.1 Å². The zero-order chi connectivity index (χ0) is 21.0. The molecule has 1 aliphatic rings. The largest absolute Gasteiger partial charge is 0.461 e. The van der Waals surface area contributed by atoms with Crippen molar-refractivity contribution >= 4 is 11.9 Å².